The first kappa shape index (κ1) is 14.7. The highest BCUT2D eigenvalue weighted by Crippen LogP contribution is 2.21. The van der Waals surface area contributed by atoms with Crippen LogP contribution in [-0.4, -0.2) is 11.5 Å². The molecule has 0 aliphatic carbocycles. The minimum Gasteiger partial charge on any atom is -0.489 e. The molecule has 0 unspecified atom stereocenters. The molecule has 3 nitrogen and oxygen atoms in total. The number of halogens is 1. The third-order valence-electron chi connectivity index (χ3n) is 2.92. The molecular weight excluding hydrogens is 272 g/mol. The fraction of sp³-hybridized carbons (Fsp3) is 0.312. The van der Waals surface area contributed by atoms with Gasteiger partial charge < -0.3 is 10.1 Å². The van der Waals surface area contributed by atoms with Crippen molar-refractivity contribution < 1.29 is 4.74 Å². The normalized spacial score (nSPS) is 10.3. The molecule has 1 aromatic heterocycles. The SMILES string of the molecule is CCCNc1ccc(COc2ccc(Cl)c(C)c2)cn1. The van der Waals surface area contributed by atoms with Crippen LogP contribution in [0, 0.1) is 6.92 Å². The molecule has 0 bridgehead atoms. The molecule has 2 rings (SSSR count). The number of benzene rings is 1. The van der Waals surface area contributed by atoms with Crippen LogP contribution in [0.25, 0.3) is 0 Å². The molecule has 0 fully saturated rings. The number of aromatic nitrogens is 1. The predicted molar refractivity (Wildman–Crippen MR) is 83.5 cm³/mol. The quantitative estimate of drug-likeness (QED) is 0.854. The first-order chi connectivity index (χ1) is 9.69. The average Bonchev–Trinajstić information content (AvgIpc) is 2.47. The molecule has 0 saturated carbocycles. The van der Waals surface area contributed by atoms with Crippen molar-refractivity contribution in [2.45, 2.75) is 26.9 Å². The maximum absolute atomic E-state index is 5.98. The lowest BCUT2D eigenvalue weighted by Gasteiger charge is -2.08. The first-order valence-corrected chi connectivity index (χ1v) is 7.14. The Labute approximate surface area is 124 Å². The number of anilines is 1. The largest absolute Gasteiger partial charge is 0.489 e. The Balaban J connectivity index is 1.91. The molecule has 0 aliphatic rings. The zero-order valence-electron chi connectivity index (χ0n) is 11.8. The van der Waals surface area contributed by atoms with Crippen LogP contribution < -0.4 is 10.1 Å². The van der Waals surface area contributed by atoms with Gasteiger partial charge in [0.05, 0.1) is 0 Å². The smallest absolute Gasteiger partial charge is 0.125 e. The van der Waals surface area contributed by atoms with Crippen molar-refractivity contribution in [1.82, 2.24) is 4.98 Å². The number of aryl methyl sites for hydroxylation is 1. The van der Waals surface area contributed by atoms with Crippen LogP contribution >= 0.6 is 11.6 Å². The predicted octanol–water partition coefficient (Wildman–Crippen LogP) is 4.44. The molecule has 2 aromatic rings. The van der Waals surface area contributed by atoms with Gasteiger partial charge in [0.2, 0.25) is 0 Å². The molecule has 0 aliphatic heterocycles. The van der Waals surface area contributed by atoms with Gasteiger partial charge in [-0.05, 0) is 43.2 Å². The van der Waals surface area contributed by atoms with Crippen LogP contribution in [0.2, 0.25) is 5.02 Å². The van der Waals surface area contributed by atoms with E-state index in [1.807, 2.05) is 43.5 Å². The van der Waals surface area contributed by atoms with Gasteiger partial charge in [0.25, 0.3) is 0 Å². The molecule has 106 valence electrons. The molecule has 4 heteroatoms. The van der Waals surface area contributed by atoms with Crippen LogP contribution in [0.4, 0.5) is 5.82 Å². The number of hydrogen-bond donors (Lipinski definition) is 1. The Morgan fingerprint density at radius 3 is 2.75 bits per heavy atom. The van der Waals surface area contributed by atoms with Crippen molar-refractivity contribution in [2.75, 3.05) is 11.9 Å². The van der Waals surface area contributed by atoms with Crippen molar-refractivity contribution in [2.24, 2.45) is 0 Å². The third kappa shape index (κ3) is 4.14. The summed E-state index contributed by atoms with van der Waals surface area (Å²) in [6.45, 7) is 5.53. The van der Waals surface area contributed by atoms with Crippen molar-refractivity contribution in [3.8, 4) is 5.75 Å². The van der Waals surface area contributed by atoms with E-state index in [9.17, 15) is 0 Å². The van der Waals surface area contributed by atoms with E-state index in [0.717, 1.165) is 40.7 Å². The highest BCUT2D eigenvalue weighted by Gasteiger charge is 2.00. The van der Waals surface area contributed by atoms with Crippen molar-refractivity contribution in [3.05, 3.63) is 52.7 Å². The summed E-state index contributed by atoms with van der Waals surface area (Å²) in [5.41, 5.74) is 2.06. The van der Waals surface area contributed by atoms with Crippen LogP contribution in [-0.2, 0) is 6.61 Å². The van der Waals surface area contributed by atoms with E-state index in [1.165, 1.54) is 0 Å². The Morgan fingerprint density at radius 1 is 1.25 bits per heavy atom. The molecule has 1 aromatic carbocycles. The van der Waals surface area contributed by atoms with Gasteiger partial charge >= 0.3 is 0 Å². The first-order valence-electron chi connectivity index (χ1n) is 6.77. The lowest BCUT2D eigenvalue weighted by molar-refractivity contribution is 0.305. The molecule has 0 saturated heterocycles. The summed E-state index contributed by atoms with van der Waals surface area (Å²) >= 11 is 5.98. The van der Waals surface area contributed by atoms with E-state index in [0.29, 0.717) is 6.61 Å². The fourth-order valence-corrected chi connectivity index (χ4v) is 1.86. The monoisotopic (exact) mass is 290 g/mol. The van der Waals surface area contributed by atoms with Crippen molar-refractivity contribution in [3.63, 3.8) is 0 Å². The maximum atomic E-state index is 5.98. The summed E-state index contributed by atoms with van der Waals surface area (Å²) in [5, 5.41) is 4.00. The van der Waals surface area contributed by atoms with Gasteiger partial charge in [0.1, 0.15) is 18.2 Å². The maximum Gasteiger partial charge on any atom is 0.125 e. The minimum atomic E-state index is 0.502. The van der Waals surface area contributed by atoms with Crippen LogP contribution in [0.3, 0.4) is 0 Å². The van der Waals surface area contributed by atoms with Crippen molar-refractivity contribution >= 4 is 17.4 Å². The summed E-state index contributed by atoms with van der Waals surface area (Å²) in [6, 6.07) is 9.66. The molecule has 1 N–H and O–H groups in total. The van der Waals surface area contributed by atoms with Crippen LogP contribution in [0.15, 0.2) is 36.5 Å². The minimum absolute atomic E-state index is 0.502. The zero-order chi connectivity index (χ0) is 14.4. The Bertz CT molecular complexity index is 555. The van der Waals surface area contributed by atoms with E-state index >= 15 is 0 Å². The number of nitrogens with zero attached hydrogens (tertiary/aromatic N) is 1. The van der Waals surface area contributed by atoms with E-state index in [2.05, 4.69) is 17.2 Å². The van der Waals surface area contributed by atoms with Gasteiger partial charge in [-0.25, -0.2) is 4.98 Å². The molecule has 0 spiro atoms. The zero-order valence-corrected chi connectivity index (χ0v) is 12.6. The second kappa shape index (κ2) is 7.15. The van der Waals surface area contributed by atoms with Gasteiger partial charge in [-0.15, -0.1) is 0 Å². The second-order valence-corrected chi connectivity index (χ2v) is 5.09. The third-order valence-corrected chi connectivity index (χ3v) is 3.34. The molecule has 0 radical (unpaired) electrons. The number of hydrogen-bond acceptors (Lipinski definition) is 3. The van der Waals surface area contributed by atoms with Crippen molar-refractivity contribution in [1.29, 1.82) is 0 Å². The summed E-state index contributed by atoms with van der Waals surface area (Å²) in [6.07, 6.45) is 2.92. The topological polar surface area (TPSA) is 34.1 Å². The molecule has 0 amide bonds. The number of rotatable bonds is 6. The van der Waals surface area contributed by atoms with E-state index in [4.69, 9.17) is 16.3 Å². The molecular formula is C16H19ClN2O. The van der Waals surface area contributed by atoms with Gasteiger partial charge in [-0.3, -0.25) is 0 Å². The van der Waals surface area contributed by atoms with E-state index in [-0.39, 0.29) is 0 Å². The Hall–Kier alpha value is -1.74. The average molecular weight is 291 g/mol. The molecule has 0 atom stereocenters. The van der Waals surface area contributed by atoms with Gasteiger partial charge in [-0.1, -0.05) is 24.6 Å². The number of pyridine rings is 1. The van der Waals surface area contributed by atoms with Gasteiger partial charge in [0, 0.05) is 23.3 Å². The summed E-state index contributed by atoms with van der Waals surface area (Å²) < 4.78 is 5.73. The van der Waals surface area contributed by atoms with Crippen LogP contribution in [0.1, 0.15) is 24.5 Å². The van der Waals surface area contributed by atoms with E-state index in [1.54, 1.807) is 0 Å². The Kier molecular flexibility index (Phi) is 5.24. The highest BCUT2D eigenvalue weighted by molar-refractivity contribution is 6.31. The van der Waals surface area contributed by atoms with Gasteiger partial charge in [-0.2, -0.15) is 0 Å². The lowest BCUT2D eigenvalue weighted by atomic mass is 10.2. The highest BCUT2D eigenvalue weighted by atomic mass is 35.5. The van der Waals surface area contributed by atoms with Gasteiger partial charge in [0.15, 0.2) is 0 Å². The second-order valence-electron chi connectivity index (χ2n) is 4.68. The summed E-state index contributed by atoms with van der Waals surface area (Å²) in [5.74, 6) is 1.72. The van der Waals surface area contributed by atoms with Crippen LogP contribution in [0.5, 0.6) is 5.75 Å². The fourth-order valence-electron chi connectivity index (χ4n) is 1.74. The molecule has 1 heterocycles. The Morgan fingerprint density at radius 2 is 2.10 bits per heavy atom. The summed E-state index contributed by atoms with van der Waals surface area (Å²) in [7, 11) is 0. The van der Waals surface area contributed by atoms with E-state index < -0.39 is 0 Å². The number of nitrogens with one attached hydrogen (secondary N) is 1. The standard InChI is InChI=1S/C16H19ClN2O/c1-3-8-18-16-7-4-13(10-19-16)11-20-14-5-6-15(17)12(2)9-14/h4-7,9-10H,3,8,11H2,1-2H3,(H,18,19). The number of ether oxygens (including phenoxy) is 1. The molecule has 20 heavy (non-hydrogen) atoms. The summed E-state index contributed by atoms with van der Waals surface area (Å²) in [4.78, 5) is 4.35. The lowest BCUT2D eigenvalue weighted by Crippen LogP contribution is -2.02.